The van der Waals surface area contributed by atoms with Crippen LogP contribution in [-0.4, -0.2) is 5.11 Å². The Morgan fingerprint density at radius 1 is 0.783 bits per heavy atom. The summed E-state index contributed by atoms with van der Waals surface area (Å²) in [6, 6.07) is 7.77. The van der Waals surface area contributed by atoms with Gasteiger partial charge in [0.2, 0.25) is 0 Å². The Morgan fingerprint density at radius 3 is 1.96 bits per heavy atom. The highest BCUT2D eigenvalue weighted by Gasteiger charge is 2.28. The molecule has 1 aromatic rings. The fourth-order valence-corrected chi connectivity index (χ4v) is 4.59. The van der Waals surface area contributed by atoms with E-state index in [1.165, 1.54) is 76.2 Å². The molecule has 23 heavy (non-hydrogen) atoms. The van der Waals surface area contributed by atoms with Gasteiger partial charge in [-0.3, -0.25) is 0 Å². The highest BCUT2D eigenvalue weighted by atomic mass is 16.3. The van der Waals surface area contributed by atoms with Crippen molar-refractivity contribution in [1.82, 2.24) is 0 Å². The minimum Gasteiger partial charge on any atom is -0.508 e. The van der Waals surface area contributed by atoms with Crippen molar-refractivity contribution in [1.29, 1.82) is 0 Å². The number of aromatic hydroxyl groups is 1. The second kappa shape index (κ2) is 10.0. The summed E-state index contributed by atoms with van der Waals surface area (Å²) in [5.74, 6) is 3.44. The molecular formula is C22H36O. The molecule has 0 heterocycles. The van der Waals surface area contributed by atoms with Crippen LogP contribution < -0.4 is 0 Å². The number of phenols is 1. The maximum atomic E-state index is 9.33. The van der Waals surface area contributed by atoms with Crippen LogP contribution in [-0.2, 0) is 6.42 Å². The van der Waals surface area contributed by atoms with Gasteiger partial charge >= 0.3 is 0 Å². The van der Waals surface area contributed by atoms with Gasteiger partial charge in [-0.1, -0.05) is 70.9 Å². The van der Waals surface area contributed by atoms with E-state index in [-0.39, 0.29) is 0 Å². The molecule has 0 amide bonds. The Balaban J connectivity index is 0.000000924. The molecule has 1 nitrogen and oxygen atoms in total. The molecule has 0 bridgehead atoms. The third kappa shape index (κ3) is 5.86. The van der Waals surface area contributed by atoms with Crippen LogP contribution in [0.1, 0.15) is 83.6 Å². The lowest BCUT2D eigenvalue weighted by molar-refractivity contribution is 0.163. The van der Waals surface area contributed by atoms with Gasteiger partial charge in [-0.25, -0.2) is 0 Å². The monoisotopic (exact) mass is 316 g/mol. The van der Waals surface area contributed by atoms with Crippen molar-refractivity contribution in [3.8, 4) is 5.75 Å². The van der Waals surface area contributed by atoms with Gasteiger partial charge in [-0.15, -0.1) is 0 Å². The predicted octanol–water partition coefficient (Wildman–Crippen LogP) is 6.74. The molecule has 3 rings (SSSR count). The molecule has 1 aromatic carbocycles. The van der Waals surface area contributed by atoms with E-state index in [2.05, 4.69) is 12.1 Å². The quantitative estimate of drug-likeness (QED) is 0.652. The van der Waals surface area contributed by atoms with Gasteiger partial charge in [0.15, 0.2) is 0 Å². The summed E-state index contributed by atoms with van der Waals surface area (Å²) in [7, 11) is 0. The zero-order chi connectivity index (χ0) is 16.5. The van der Waals surface area contributed by atoms with Crippen molar-refractivity contribution in [2.75, 3.05) is 0 Å². The smallest absolute Gasteiger partial charge is 0.115 e. The Kier molecular flexibility index (Phi) is 7.99. The van der Waals surface area contributed by atoms with E-state index in [0.717, 1.165) is 17.8 Å². The lowest BCUT2D eigenvalue weighted by Gasteiger charge is -2.36. The summed E-state index contributed by atoms with van der Waals surface area (Å²) in [6.45, 7) is 4.00. The normalized spacial score (nSPS) is 25.5. The van der Waals surface area contributed by atoms with E-state index >= 15 is 0 Å². The van der Waals surface area contributed by atoms with Crippen LogP contribution in [0.4, 0.5) is 0 Å². The largest absolute Gasteiger partial charge is 0.508 e. The molecule has 2 aliphatic carbocycles. The van der Waals surface area contributed by atoms with Crippen molar-refractivity contribution in [2.45, 2.75) is 84.5 Å². The number of aryl methyl sites for hydroxylation is 1. The molecule has 1 N–H and O–H groups in total. The topological polar surface area (TPSA) is 20.2 Å². The minimum absolute atomic E-state index is 0.381. The van der Waals surface area contributed by atoms with E-state index in [1.54, 1.807) is 0 Å². The molecule has 0 aliphatic heterocycles. The Labute approximate surface area is 143 Å². The summed E-state index contributed by atoms with van der Waals surface area (Å²) >= 11 is 0. The molecule has 0 radical (unpaired) electrons. The molecule has 2 aliphatic rings. The standard InChI is InChI=1S/C20H30O.C2H6/c21-20-14-10-17(11-15-20)7-6-16-8-12-19(13-9-16)18-4-2-1-3-5-18;1-2/h10-11,14-16,18-19,21H,1-9,12-13H2;1-2H3. The molecule has 0 saturated heterocycles. The van der Waals surface area contributed by atoms with E-state index in [0.29, 0.717) is 5.75 Å². The van der Waals surface area contributed by atoms with Gasteiger partial charge in [0, 0.05) is 0 Å². The van der Waals surface area contributed by atoms with E-state index < -0.39 is 0 Å². The fourth-order valence-electron chi connectivity index (χ4n) is 4.59. The van der Waals surface area contributed by atoms with E-state index in [9.17, 15) is 5.11 Å². The van der Waals surface area contributed by atoms with Gasteiger partial charge in [-0.2, -0.15) is 0 Å². The van der Waals surface area contributed by atoms with Gasteiger partial charge in [0.05, 0.1) is 0 Å². The SMILES string of the molecule is CC.Oc1ccc(CCC2CCC(C3CCCCC3)CC2)cc1. The number of benzene rings is 1. The molecule has 2 saturated carbocycles. The molecular weight excluding hydrogens is 280 g/mol. The van der Waals surface area contributed by atoms with Crippen LogP contribution in [0.3, 0.4) is 0 Å². The zero-order valence-corrected chi connectivity index (χ0v) is 15.3. The highest BCUT2D eigenvalue weighted by Crippen LogP contribution is 2.40. The number of hydrogen-bond donors (Lipinski definition) is 1. The van der Waals surface area contributed by atoms with Crippen LogP contribution in [0.25, 0.3) is 0 Å². The number of hydrogen-bond acceptors (Lipinski definition) is 1. The Morgan fingerprint density at radius 2 is 1.35 bits per heavy atom. The first-order valence-corrected chi connectivity index (χ1v) is 10.1. The average molecular weight is 317 g/mol. The average Bonchev–Trinajstić information content (AvgIpc) is 2.64. The van der Waals surface area contributed by atoms with Crippen molar-refractivity contribution in [3.63, 3.8) is 0 Å². The van der Waals surface area contributed by atoms with E-state index in [1.807, 2.05) is 26.0 Å². The Bertz CT molecular complexity index is 408. The van der Waals surface area contributed by atoms with E-state index in [4.69, 9.17) is 0 Å². The first kappa shape index (κ1) is 18.4. The fraction of sp³-hybridized carbons (Fsp3) is 0.727. The maximum absolute atomic E-state index is 9.33. The summed E-state index contributed by atoms with van der Waals surface area (Å²) in [5, 5.41) is 9.33. The van der Waals surface area contributed by atoms with Crippen molar-refractivity contribution in [3.05, 3.63) is 29.8 Å². The predicted molar refractivity (Wildman–Crippen MR) is 99.8 cm³/mol. The van der Waals surface area contributed by atoms with Crippen molar-refractivity contribution < 1.29 is 5.11 Å². The second-order valence-electron chi connectivity index (χ2n) is 7.38. The third-order valence-corrected chi connectivity index (χ3v) is 5.99. The zero-order valence-electron chi connectivity index (χ0n) is 15.3. The Hall–Kier alpha value is -0.980. The second-order valence-corrected chi connectivity index (χ2v) is 7.38. The minimum atomic E-state index is 0.381. The van der Waals surface area contributed by atoms with Crippen LogP contribution in [0.2, 0.25) is 0 Å². The molecule has 0 atom stereocenters. The molecule has 1 heteroatoms. The third-order valence-electron chi connectivity index (χ3n) is 5.99. The van der Waals surface area contributed by atoms with Gasteiger partial charge in [0.1, 0.15) is 5.75 Å². The number of phenolic OH excluding ortho intramolecular Hbond substituents is 1. The highest BCUT2D eigenvalue weighted by molar-refractivity contribution is 5.25. The first-order valence-electron chi connectivity index (χ1n) is 10.1. The first-order chi connectivity index (χ1) is 11.3. The molecule has 0 unspecified atom stereocenters. The summed E-state index contributed by atoms with van der Waals surface area (Å²) in [6.07, 6.45) is 15.9. The summed E-state index contributed by atoms with van der Waals surface area (Å²) < 4.78 is 0. The van der Waals surface area contributed by atoms with Gasteiger partial charge in [0.25, 0.3) is 0 Å². The maximum Gasteiger partial charge on any atom is 0.115 e. The van der Waals surface area contributed by atoms with Crippen LogP contribution in [0, 0.1) is 17.8 Å². The molecule has 130 valence electrons. The molecule has 2 fully saturated rings. The number of rotatable bonds is 4. The van der Waals surface area contributed by atoms with Crippen molar-refractivity contribution >= 4 is 0 Å². The molecule has 0 aromatic heterocycles. The van der Waals surface area contributed by atoms with Crippen LogP contribution in [0.5, 0.6) is 5.75 Å². The lowest BCUT2D eigenvalue weighted by Crippen LogP contribution is -2.23. The van der Waals surface area contributed by atoms with Crippen LogP contribution in [0.15, 0.2) is 24.3 Å². The van der Waals surface area contributed by atoms with Gasteiger partial charge in [-0.05, 0) is 61.1 Å². The summed E-state index contributed by atoms with van der Waals surface area (Å²) in [4.78, 5) is 0. The molecule has 0 spiro atoms. The lowest BCUT2D eigenvalue weighted by atomic mass is 9.70. The van der Waals surface area contributed by atoms with Gasteiger partial charge < -0.3 is 5.11 Å². The summed E-state index contributed by atoms with van der Waals surface area (Å²) in [5.41, 5.74) is 1.38. The van der Waals surface area contributed by atoms with Crippen molar-refractivity contribution in [2.24, 2.45) is 17.8 Å². The van der Waals surface area contributed by atoms with Crippen LogP contribution >= 0.6 is 0 Å².